The van der Waals surface area contributed by atoms with Crippen molar-refractivity contribution in [3.63, 3.8) is 0 Å². The standard InChI is InChI=1S/C30H18NS.C11H8N.Ir/c1-18-6-7-19-8-10-21-22(27(19)16-18)12-13-26-23(21)14-15-31-30(26)20-9-11-25-24-4-2-3-5-28(24)32-29(25)17-20;1-2-6-10(7-3-1)11-8-4-5-9-12-11;/h2-8,10-17H,1H3;1-6,8-9H;/q2*-1;. The van der Waals surface area contributed by atoms with Crippen LogP contribution >= 0.6 is 11.3 Å². The molecule has 0 amide bonds. The second kappa shape index (κ2) is 12.3. The molecule has 4 heteroatoms. The van der Waals surface area contributed by atoms with Crippen molar-refractivity contribution in [3.8, 4) is 22.5 Å². The van der Waals surface area contributed by atoms with Crippen LogP contribution in [0.4, 0.5) is 0 Å². The number of fused-ring (bicyclic) bond motifs is 8. The van der Waals surface area contributed by atoms with Gasteiger partial charge in [0.2, 0.25) is 0 Å². The van der Waals surface area contributed by atoms with Crippen molar-refractivity contribution in [1.82, 2.24) is 9.97 Å². The maximum atomic E-state index is 4.79. The van der Waals surface area contributed by atoms with Gasteiger partial charge in [0.05, 0.1) is 0 Å². The van der Waals surface area contributed by atoms with Gasteiger partial charge in [-0.2, -0.15) is 11.3 Å². The molecule has 0 aliphatic carbocycles. The Morgan fingerprint density at radius 3 is 2.18 bits per heavy atom. The van der Waals surface area contributed by atoms with Gasteiger partial charge in [-0.05, 0) is 78.9 Å². The third kappa shape index (κ3) is 5.43. The second-order valence-corrected chi connectivity index (χ2v) is 12.0. The van der Waals surface area contributed by atoms with Gasteiger partial charge in [0.15, 0.2) is 0 Å². The number of pyridine rings is 2. The summed E-state index contributed by atoms with van der Waals surface area (Å²) in [6, 6.07) is 51.1. The normalized spacial score (nSPS) is 11.0. The number of aryl methyl sites for hydroxylation is 1. The molecule has 2 nitrogen and oxygen atoms in total. The van der Waals surface area contributed by atoms with Crippen LogP contribution in [0.3, 0.4) is 0 Å². The minimum Gasteiger partial charge on any atom is -0.305 e. The summed E-state index contributed by atoms with van der Waals surface area (Å²) in [5, 5.41) is 10.1. The summed E-state index contributed by atoms with van der Waals surface area (Å²) in [5.74, 6) is 0. The van der Waals surface area contributed by atoms with E-state index in [0.717, 1.165) is 22.5 Å². The fraction of sp³-hybridized carbons (Fsp3) is 0.0244. The first-order valence-corrected chi connectivity index (χ1v) is 15.5. The SMILES string of the molecule is Cc1ccc2ccc3c4ccnc(-c5[c-]cc6c(c5)sc5ccccc56)c4ccc3c2c1.[Ir].[c-]1ccccc1-c1ccccn1. The third-order valence-electron chi connectivity index (χ3n) is 8.13. The summed E-state index contributed by atoms with van der Waals surface area (Å²) < 4.78 is 2.59. The van der Waals surface area contributed by atoms with E-state index in [2.05, 4.69) is 109 Å². The van der Waals surface area contributed by atoms with Crippen molar-refractivity contribution in [2.75, 3.05) is 0 Å². The minimum atomic E-state index is 0. The molecule has 217 valence electrons. The number of hydrogen-bond donors (Lipinski definition) is 0. The molecule has 0 N–H and O–H groups in total. The average molecular weight is 771 g/mol. The van der Waals surface area contributed by atoms with Crippen molar-refractivity contribution >= 4 is 63.8 Å². The number of benzene rings is 6. The Morgan fingerprint density at radius 1 is 0.533 bits per heavy atom. The largest absolute Gasteiger partial charge is 0.305 e. The third-order valence-corrected chi connectivity index (χ3v) is 9.26. The van der Waals surface area contributed by atoms with Gasteiger partial charge in [0.1, 0.15) is 0 Å². The van der Waals surface area contributed by atoms with E-state index in [0.29, 0.717) is 0 Å². The molecule has 0 bridgehead atoms. The van der Waals surface area contributed by atoms with Gasteiger partial charge in [0, 0.05) is 37.2 Å². The van der Waals surface area contributed by atoms with E-state index in [4.69, 9.17) is 4.98 Å². The van der Waals surface area contributed by atoms with Gasteiger partial charge < -0.3 is 9.97 Å². The molecule has 3 heterocycles. The fourth-order valence-corrected chi connectivity index (χ4v) is 7.13. The second-order valence-electron chi connectivity index (χ2n) is 10.9. The van der Waals surface area contributed by atoms with E-state index in [1.54, 1.807) is 6.20 Å². The van der Waals surface area contributed by atoms with Crippen LogP contribution in [0.2, 0.25) is 0 Å². The van der Waals surface area contributed by atoms with Crippen LogP contribution in [0, 0.1) is 19.1 Å². The molecule has 0 atom stereocenters. The molecule has 9 rings (SSSR count). The molecule has 0 fully saturated rings. The Balaban J connectivity index is 0.000000211. The number of nitrogens with zero attached hydrogens (tertiary/aromatic N) is 2. The summed E-state index contributed by atoms with van der Waals surface area (Å²) >= 11 is 1.83. The zero-order chi connectivity index (χ0) is 29.5. The maximum Gasteiger partial charge on any atom is 0.0246 e. The molecule has 0 unspecified atom stereocenters. The van der Waals surface area contributed by atoms with Crippen LogP contribution in [0.15, 0.2) is 140 Å². The fourth-order valence-electron chi connectivity index (χ4n) is 6.00. The molecular weight excluding hydrogens is 745 g/mol. The number of aromatic nitrogens is 2. The molecule has 45 heavy (non-hydrogen) atoms. The first kappa shape index (κ1) is 29.0. The molecule has 9 aromatic rings. The average Bonchev–Trinajstić information content (AvgIpc) is 3.47. The van der Waals surface area contributed by atoms with E-state index in [1.807, 2.05) is 60.0 Å². The van der Waals surface area contributed by atoms with Crippen molar-refractivity contribution in [2.45, 2.75) is 6.92 Å². The number of hydrogen-bond acceptors (Lipinski definition) is 3. The zero-order valence-corrected chi connectivity index (χ0v) is 27.6. The summed E-state index contributed by atoms with van der Waals surface area (Å²) in [6.07, 6.45) is 3.72. The van der Waals surface area contributed by atoms with E-state index < -0.39 is 0 Å². The van der Waals surface area contributed by atoms with Crippen LogP contribution < -0.4 is 0 Å². The number of thiophene rings is 1. The van der Waals surface area contributed by atoms with Crippen molar-refractivity contribution in [2.24, 2.45) is 0 Å². The van der Waals surface area contributed by atoms with Crippen LogP contribution in [-0.4, -0.2) is 9.97 Å². The van der Waals surface area contributed by atoms with Crippen molar-refractivity contribution in [3.05, 3.63) is 157 Å². The van der Waals surface area contributed by atoms with Crippen molar-refractivity contribution < 1.29 is 20.1 Å². The van der Waals surface area contributed by atoms with E-state index in [-0.39, 0.29) is 20.1 Å². The Kier molecular flexibility index (Phi) is 7.95. The topological polar surface area (TPSA) is 25.8 Å². The van der Waals surface area contributed by atoms with Crippen LogP contribution in [0.25, 0.3) is 75.0 Å². The van der Waals surface area contributed by atoms with Crippen LogP contribution in [-0.2, 0) is 20.1 Å². The molecule has 0 spiro atoms. The van der Waals surface area contributed by atoms with E-state index >= 15 is 0 Å². The summed E-state index contributed by atoms with van der Waals surface area (Å²) in [5.41, 5.74) is 5.33. The van der Waals surface area contributed by atoms with Crippen molar-refractivity contribution in [1.29, 1.82) is 0 Å². The quantitative estimate of drug-likeness (QED) is 0.129. The molecule has 0 saturated heterocycles. The van der Waals surface area contributed by atoms with Gasteiger partial charge in [0.25, 0.3) is 0 Å². The smallest absolute Gasteiger partial charge is 0.0246 e. The Hall–Kier alpha value is -4.73. The summed E-state index contributed by atoms with van der Waals surface area (Å²) in [6.45, 7) is 2.15. The van der Waals surface area contributed by atoms with Gasteiger partial charge in [-0.3, -0.25) is 0 Å². The van der Waals surface area contributed by atoms with E-state index in [1.165, 1.54) is 58.1 Å². The molecule has 0 saturated carbocycles. The predicted molar refractivity (Wildman–Crippen MR) is 187 cm³/mol. The number of rotatable bonds is 2. The molecule has 3 aromatic heterocycles. The molecule has 0 aliphatic rings. The van der Waals surface area contributed by atoms with Crippen LogP contribution in [0.1, 0.15) is 5.56 Å². The monoisotopic (exact) mass is 771 g/mol. The van der Waals surface area contributed by atoms with Gasteiger partial charge in [-0.15, -0.1) is 59.7 Å². The van der Waals surface area contributed by atoms with Gasteiger partial charge in [-0.25, -0.2) is 0 Å². The molecular formula is C41H26IrN2S-2. The molecule has 0 aliphatic heterocycles. The van der Waals surface area contributed by atoms with Crippen LogP contribution in [0.5, 0.6) is 0 Å². The minimum absolute atomic E-state index is 0. The first-order chi connectivity index (χ1) is 21.7. The predicted octanol–water partition coefficient (Wildman–Crippen LogP) is 11.2. The summed E-state index contributed by atoms with van der Waals surface area (Å²) in [4.78, 5) is 9.01. The zero-order valence-electron chi connectivity index (χ0n) is 24.4. The summed E-state index contributed by atoms with van der Waals surface area (Å²) in [7, 11) is 0. The molecule has 1 radical (unpaired) electrons. The Bertz CT molecular complexity index is 2410. The Morgan fingerprint density at radius 2 is 1.31 bits per heavy atom. The molecule has 6 aromatic carbocycles. The maximum absolute atomic E-state index is 4.79. The van der Waals surface area contributed by atoms with E-state index in [9.17, 15) is 0 Å². The Labute approximate surface area is 279 Å². The van der Waals surface area contributed by atoms with Gasteiger partial charge in [-0.1, -0.05) is 83.7 Å². The van der Waals surface area contributed by atoms with Gasteiger partial charge >= 0.3 is 0 Å². The first-order valence-electron chi connectivity index (χ1n) is 14.7.